The molecule has 1 aliphatic rings. The van der Waals surface area contributed by atoms with Crippen LogP contribution in [0.3, 0.4) is 0 Å². The highest BCUT2D eigenvalue weighted by molar-refractivity contribution is 5.48. The Hall–Kier alpha value is -1.98. The van der Waals surface area contributed by atoms with E-state index < -0.39 is 0 Å². The van der Waals surface area contributed by atoms with E-state index in [0.29, 0.717) is 6.04 Å². The van der Waals surface area contributed by atoms with Gasteiger partial charge >= 0.3 is 0 Å². The summed E-state index contributed by atoms with van der Waals surface area (Å²) in [6.07, 6.45) is 5.84. The van der Waals surface area contributed by atoms with Crippen LogP contribution in [0.4, 0.5) is 5.82 Å². The van der Waals surface area contributed by atoms with Gasteiger partial charge in [-0.2, -0.15) is 0 Å². The Morgan fingerprint density at radius 2 is 1.85 bits per heavy atom. The van der Waals surface area contributed by atoms with Crippen LogP contribution in [-0.4, -0.2) is 38.1 Å². The lowest BCUT2D eigenvalue weighted by molar-refractivity contribution is 0.359. The van der Waals surface area contributed by atoms with Gasteiger partial charge < -0.3 is 4.90 Å². The van der Waals surface area contributed by atoms with Crippen molar-refractivity contribution in [3.8, 4) is 0 Å². The summed E-state index contributed by atoms with van der Waals surface area (Å²) in [4.78, 5) is 11.4. The number of piperidine rings is 1. The molecule has 2 aromatic heterocycles. The minimum atomic E-state index is 0.457. The second kappa shape index (κ2) is 5.19. The molecule has 106 valence electrons. The van der Waals surface area contributed by atoms with Crippen molar-refractivity contribution in [1.29, 1.82) is 0 Å². The molecule has 0 saturated carbocycles. The minimum Gasteiger partial charge on any atom is -0.356 e. The number of aromatic nitrogens is 5. The highest BCUT2D eigenvalue weighted by atomic mass is 15.4. The van der Waals surface area contributed by atoms with Crippen LogP contribution in [0.5, 0.6) is 0 Å². The summed E-state index contributed by atoms with van der Waals surface area (Å²) in [5.74, 6) is 1.94. The summed E-state index contributed by atoms with van der Waals surface area (Å²) in [6.45, 7) is 8.11. The van der Waals surface area contributed by atoms with Gasteiger partial charge in [-0.25, -0.2) is 14.6 Å². The maximum absolute atomic E-state index is 4.63. The molecular formula is C14H20N6. The van der Waals surface area contributed by atoms with Gasteiger partial charge in [-0.15, -0.1) is 5.10 Å². The summed E-state index contributed by atoms with van der Waals surface area (Å²) in [6, 6.07) is 0.457. The van der Waals surface area contributed by atoms with E-state index in [9.17, 15) is 0 Å². The van der Waals surface area contributed by atoms with Crippen LogP contribution in [0.25, 0.3) is 0 Å². The normalized spacial score (nSPS) is 16.6. The third-order valence-electron chi connectivity index (χ3n) is 4.05. The molecule has 0 amide bonds. The first kappa shape index (κ1) is 13.0. The van der Waals surface area contributed by atoms with Crippen LogP contribution >= 0.6 is 0 Å². The third-order valence-corrected chi connectivity index (χ3v) is 4.05. The van der Waals surface area contributed by atoms with Crippen LogP contribution in [0.2, 0.25) is 0 Å². The van der Waals surface area contributed by atoms with Crippen molar-refractivity contribution in [2.24, 2.45) is 0 Å². The van der Waals surface area contributed by atoms with Gasteiger partial charge in [0, 0.05) is 30.5 Å². The van der Waals surface area contributed by atoms with Crippen molar-refractivity contribution in [3.63, 3.8) is 0 Å². The van der Waals surface area contributed by atoms with E-state index in [-0.39, 0.29) is 0 Å². The van der Waals surface area contributed by atoms with Gasteiger partial charge in [-0.05, 0) is 33.6 Å². The Balaban J connectivity index is 1.75. The first-order valence-corrected chi connectivity index (χ1v) is 7.07. The average molecular weight is 272 g/mol. The fourth-order valence-electron chi connectivity index (χ4n) is 2.81. The van der Waals surface area contributed by atoms with Crippen LogP contribution in [0.1, 0.15) is 36.0 Å². The first-order chi connectivity index (χ1) is 9.65. The molecule has 0 radical (unpaired) electrons. The number of rotatable bonds is 2. The lowest BCUT2D eigenvalue weighted by Crippen LogP contribution is -2.36. The number of aryl methyl sites for hydroxylation is 2. The predicted molar refractivity (Wildman–Crippen MR) is 76.7 cm³/mol. The summed E-state index contributed by atoms with van der Waals surface area (Å²) >= 11 is 0. The highest BCUT2D eigenvalue weighted by Crippen LogP contribution is 2.27. The first-order valence-electron chi connectivity index (χ1n) is 7.07. The average Bonchev–Trinajstić information content (AvgIpc) is 2.97. The van der Waals surface area contributed by atoms with Crippen molar-refractivity contribution in [1.82, 2.24) is 25.0 Å². The standard InChI is InChI=1S/C14H20N6/c1-10-11(2)16-12(3)17-14(10)19-7-4-13(5-8-19)20-9-6-15-18-20/h6,9,13H,4-5,7-8H2,1-3H3. The van der Waals surface area contributed by atoms with E-state index in [1.807, 2.05) is 17.8 Å². The van der Waals surface area contributed by atoms with Gasteiger partial charge in [0.25, 0.3) is 0 Å². The van der Waals surface area contributed by atoms with Crippen molar-refractivity contribution >= 4 is 5.82 Å². The molecule has 3 rings (SSSR count). The van der Waals surface area contributed by atoms with E-state index in [2.05, 4.69) is 39.0 Å². The summed E-state index contributed by atoms with van der Waals surface area (Å²) in [7, 11) is 0. The predicted octanol–water partition coefficient (Wildman–Crippen LogP) is 1.83. The summed E-state index contributed by atoms with van der Waals surface area (Å²) < 4.78 is 1.97. The molecule has 1 fully saturated rings. The molecule has 6 nitrogen and oxygen atoms in total. The molecule has 0 atom stereocenters. The zero-order valence-corrected chi connectivity index (χ0v) is 12.2. The minimum absolute atomic E-state index is 0.457. The van der Waals surface area contributed by atoms with E-state index >= 15 is 0 Å². The number of hydrogen-bond acceptors (Lipinski definition) is 5. The molecule has 1 saturated heterocycles. The molecule has 2 aromatic rings. The Kier molecular flexibility index (Phi) is 3.38. The van der Waals surface area contributed by atoms with Gasteiger partial charge in [0.05, 0.1) is 12.2 Å². The zero-order valence-electron chi connectivity index (χ0n) is 12.2. The van der Waals surface area contributed by atoms with Crippen LogP contribution in [0.15, 0.2) is 12.4 Å². The molecule has 0 aliphatic carbocycles. The van der Waals surface area contributed by atoms with Crippen molar-refractivity contribution in [2.45, 2.75) is 39.7 Å². The maximum Gasteiger partial charge on any atom is 0.135 e. The summed E-state index contributed by atoms with van der Waals surface area (Å²) in [5, 5.41) is 8.00. The van der Waals surface area contributed by atoms with Gasteiger partial charge in [0.15, 0.2) is 0 Å². The van der Waals surface area contributed by atoms with E-state index in [0.717, 1.165) is 43.3 Å². The Morgan fingerprint density at radius 1 is 1.10 bits per heavy atom. The molecule has 0 spiro atoms. The fraction of sp³-hybridized carbons (Fsp3) is 0.571. The molecule has 6 heteroatoms. The Labute approximate surface area is 118 Å². The van der Waals surface area contributed by atoms with Gasteiger partial charge in [0.1, 0.15) is 11.6 Å². The van der Waals surface area contributed by atoms with Crippen LogP contribution < -0.4 is 4.90 Å². The third kappa shape index (κ3) is 2.37. The van der Waals surface area contributed by atoms with Crippen molar-refractivity contribution in [3.05, 3.63) is 29.5 Å². The Morgan fingerprint density at radius 3 is 2.50 bits per heavy atom. The lowest BCUT2D eigenvalue weighted by atomic mass is 10.0. The van der Waals surface area contributed by atoms with E-state index in [1.54, 1.807) is 6.20 Å². The zero-order chi connectivity index (χ0) is 14.1. The number of anilines is 1. The second-order valence-corrected chi connectivity index (χ2v) is 5.41. The van der Waals surface area contributed by atoms with Crippen LogP contribution in [0, 0.1) is 20.8 Å². The largest absolute Gasteiger partial charge is 0.356 e. The fourth-order valence-corrected chi connectivity index (χ4v) is 2.81. The molecule has 1 aliphatic heterocycles. The monoisotopic (exact) mass is 272 g/mol. The van der Waals surface area contributed by atoms with Crippen molar-refractivity contribution in [2.75, 3.05) is 18.0 Å². The molecular weight excluding hydrogens is 252 g/mol. The lowest BCUT2D eigenvalue weighted by Gasteiger charge is -2.33. The van der Waals surface area contributed by atoms with E-state index in [4.69, 9.17) is 0 Å². The summed E-state index contributed by atoms with van der Waals surface area (Å²) in [5.41, 5.74) is 2.26. The number of hydrogen-bond donors (Lipinski definition) is 0. The smallest absolute Gasteiger partial charge is 0.135 e. The molecule has 0 aromatic carbocycles. The molecule has 3 heterocycles. The highest BCUT2D eigenvalue weighted by Gasteiger charge is 2.23. The SMILES string of the molecule is Cc1nc(C)c(C)c(N2CCC(n3ccnn3)CC2)n1. The van der Waals surface area contributed by atoms with Crippen molar-refractivity contribution < 1.29 is 0 Å². The van der Waals surface area contributed by atoms with Gasteiger partial charge in [-0.1, -0.05) is 5.21 Å². The van der Waals surface area contributed by atoms with E-state index in [1.165, 1.54) is 5.56 Å². The quantitative estimate of drug-likeness (QED) is 0.834. The Bertz CT molecular complexity index is 584. The van der Waals surface area contributed by atoms with Gasteiger partial charge in [0.2, 0.25) is 0 Å². The van der Waals surface area contributed by atoms with Gasteiger partial charge in [-0.3, -0.25) is 0 Å². The molecule has 0 bridgehead atoms. The maximum atomic E-state index is 4.63. The topological polar surface area (TPSA) is 59.7 Å². The molecule has 0 unspecified atom stereocenters. The van der Waals surface area contributed by atoms with Crippen LogP contribution in [-0.2, 0) is 0 Å². The molecule has 20 heavy (non-hydrogen) atoms. The number of nitrogens with zero attached hydrogens (tertiary/aromatic N) is 6. The second-order valence-electron chi connectivity index (χ2n) is 5.41. The molecule has 0 N–H and O–H groups in total.